The Morgan fingerprint density at radius 1 is 1.05 bits per heavy atom. The standard InChI is InChI=1S/C31H38N6O4/c1-3-40-29(28-27(14-13-22(2)33-28)41-21-23-9-5-4-6-10-23)37-26-12-8-7-11-25(26)35-30(37)34-24-15-18-36(19-16-24)20-17-32-31(38)39/h4-14,24,29,32H,3,15-21H2,1-2H3,(H,34,35)(H,38,39)/p-1. The molecule has 1 fully saturated rings. The molecule has 216 valence electrons. The van der Waals surface area contributed by atoms with Crippen LogP contribution in [0.15, 0.2) is 66.7 Å². The van der Waals surface area contributed by atoms with Gasteiger partial charge in [0.25, 0.3) is 0 Å². The smallest absolute Gasteiger partial charge is 0.206 e. The van der Waals surface area contributed by atoms with E-state index in [1.807, 2.05) is 80.6 Å². The summed E-state index contributed by atoms with van der Waals surface area (Å²) in [4.78, 5) is 22.8. The Morgan fingerprint density at radius 2 is 1.80 bits per heavy atom. The van der Waals surface area contributed by atoms with Crippen LogP contribution in [0.1, 0.15) is 42.9 Å². The molecular formula is C31H37N6O4-. The lowest BCUT2D eigenvalue weighted by Gasteiger charge is -2.33. The lowest BCUT2D eigenvalue weighted by atomic mass is 10.1. The van der Waals surface area contributed by atoms with Crippen molar-refractivity contribution in [2.45, 2.75) is 45.6 Å². The van der Waals surface area contributed by atoms with E-state index >= 15 is 0 Å². The Hall–Kier alpha value is -4.15. The number of para-hydroxylation sites is 2. The predicted molar refractivity (Wildman–Crippen MR) is 156 cm³/mol. The van der Waals surface area contributed by atoms with E-state index in [-0.39, 0.29) is 6.04 Å². The fourth-order valence-electron chi connectivity index (χ4n) is 5.22. The second-order valence-electron chi connectivity index (χ2n) is 10.2. The van der Waals surface area contributed by atoms with Crippen LogP contribution < -0.4 is 20.5 Å². The zero-order valence-corrected chi connectivity index (χ0v) is 23.6. The van der Waals surface area contributed by atoms with Crippen molar-refractivity contribution in [1.29, 1.82) is 0 Å². The van der Waals surface area contributed by atoms with Crippen LogP contribution in [-0.4, -0.2) is 64.4 Å². The van der Waals surface area contributed by atoms with Crippen molar-refractivity contribution >= 4 is 23.1 Å². The van der Waals surface area contributed by atoms with Crippen molar-refractivity contribution in [2.75, 3.05) is 38.1 Å². The first-order valence-corrected chi connectivity index (χ1v) is 14.2. The zero-order valence-electron chi connectivity index (χ0n) is 23.6. The zero-order chi connectivity index (χ0) is 28.6. The average Bonchev–Trinajstić information content (AvgIpc) is 3.34. The van der Waals surface area contributed by atoms with E-state index in [0.29, 0.717) is 37.7 Å². The number of carbonyl (C=O) groups is 1. The fraction of sp³-hybridized carbons (Fsp3) is 0.387. The summed E-state index contributed by atoms with van der Waals surface area (Å²) in [6.07, 6.45) is 0.0154. The van der Waals surface area contributed by atoms with Gasteiger partial charge in [0.05, 0.1) is 11.0 Å². The van der Waals surface area contributed by atoms with Crippen molar-refractivity contribution in [1.82, 2.24) is 24.8 Å². The van der Waals surface area contributed by atoms with Gasteiger partial charge in [-0.05, 0) is 56.5 Å². The van der Waals surface area contributed by atoms with Crippen molar-refractivity contribution in [2.24, 2.45) is 0 Å². The van der Waals surface area contributed by atoms with Crippen molar-refractivity contribution in [3.63, 3.8) is 0 Å². The largest absolute Gasteiger partial charge is 0.530 e. The molecular weight excluding hydrogens is 520 g/mol. The molecule has 1 aliphatic rings. The molecule has 1 aliphatic heterocycles. The summed E-state index contributed by atoms with van der Waals surface area (Å²) in [5.74, 6) is 1.39. The van der Waals surface area contributed by atoms with Crippen LogP contribution in [0.5, 0.6) is 5.75 Å². The maximum Gasteiger partial charge on any atom is 0.206 e. The average molecular weight is 558 g/mol. The van der Waals surface area contributed by atoms with Crippen LogP contribution in [0.25, 0.3) is 11.0 Å². The van der Waals surface area contributed by atoms with E-state index in [9.17, 15) is 9.90 Å². The number of ether oxygens (including phenoxy) is 2. The molecule has 0 spiro atoms. The summed E-state index contributed by atoms with van der Waals surface area (Å²) in [7, 11) is 0. The number of carbonyl (C=O) groups excluding carboxylic acids is 1. The van der Waals surface area contributed by atoms with Crippen LogP contribution in [0.2, 0.25) is 0 Å². The number of anilines is 1. The normalized spacial score (nSPS) is 15.1. The molecule has 10 nitrogen and oxygen atoms in total. The van der Waals surface area contributed by atoms with Crippen LogP contribution in [-0.2, 0) is 11.3 Å². The molecule has 1 saturated heterocycles. The van der Waals surface area contributed by atoms with Gasteiger partial charge in [-0.25, -0.2) is 9.97 Å². The van der Waals surface area contributed by atoms with Crippen LogP contribution in [0, 0.1) is 6.92 Å². The molecule has 0 aliphatic carbocycles. The number of rotatable bonds is 12. The summed E-state index contributed by atoms with van der Waals surface area (Å²) in [5, 5.41) is 16.7. The maximum absolute atomic E-state index is 10.7. The summed E-state index contributed by atoms with van der Waals surface area (Å²) in [5.41, 5.74) is 4.45. The predicted octanol–water partition coefficient (Wildman–Crippen LogP) is 3.71. The van der Waals surface area contributed by atoms with E-state index in [0.717, 1.165) is 54.2 Å². The van der Waals surface area contributed by atoms with Gasteiger partial charge in [0.2, 0.25) is 5.95 Å². The summed E-state index contributed by atoms with van der Waals surface area (Å²) in [6.45, 7) is 7.59. The highest BCUT2D eigenvalue weighted by atomic mass is 16.5. The Bertz CT molecular complexity index is 1440. The van der Waals surface area contributed by atoms with E-state index in [1.165, 1.54) is 0 Å². The quantitative estimate of drug-likeness (QED) is 0.271. The molecule has 1 amide bonds. The first kappa shape index (κ1) is 28.4. The third kappa shape index (κ3) is 7.14. The Morgan fingerprint density at radius 3 is 2.56 bits per heavy atom. The molecule has 0 saturated carbocycles. The third-order valence-electron chi connectivity index (χ3n) is 7.27. The topological polar surface area (TPSA) is 117 Å². The molecule has 5 rings (SSSR count). The van der Waals surface area contributed by atoms with Gasteiger partial charge in [0.1, 0.15) is 24.1 Å². The third-order valence-corrected chi connectivity index (χ3v) is 7.27. The molecule has 2 N–H and O–H groups in total. The number of amides is 1. The summed E-state index contributed by atoms with van der Waals surface area (Å²) < 4.78 is 14.8. The molecule has 3 heterocycles. The first-order chi connectivity index (χ1) is 20.0. The Balaban J connectivity index is 1.42. The minimum absolute atomic E-state index is 0.206. The number of imidazole rings is 1. The van der Waals surface area contributed by atoms with Gasteiger partial charge in [-0.2, -0.15) is 0 Å². The SMILES string of the molecule is CCOC(c1nc(C)ccc1OCc1ccccc1)n1c(NC2CCN(CCNC(=O)[O-])CC2)nc2ccccc21. The lowest BCUT2D eigenvalue weighted by Crippen LogP contribution is -2.45. The van der Waals surface area contributed by atoms with Crippen LogP contribution in [0.3, 0.4) is 0 Å². The monoisotopic (exact) mass is 557 g/mol. The second-order valence-corrected chi connectivity index (χ2v) is 10.2. The highest BCUT2D eigenvalue weighted by Gasteiger charge is 2.28. The number of hydrogen-bond donors (Lipinski definition) is 2. The number of carboxylic acid groups (broad SMARTS) is 1. The van der Waals surface area contributed by atoms with Crippen LogP contribution >= 0.6 is 0 Å². The summed E-state index contributed by atoms with van der Waals surface area (Å²) in [6, 6.07) is 22.2. The second kappa shape index (κ2) is 13.5. The number of pyridine rings is 1. The van der Waals surface area contributed by atoms with Crippen LogP contribution in [0.4, 0.5) is 10.7 Å². The minimum Gasteiger partial charge on any atom is -0.530 e. The number of piperidine rings is 1. The highest BCUT2D eigenvalue weighted by molar-refractivity contribution is 5.79. The fourth-order valence-corrected chi connectivity index (χ4v) is 5.22. The van der Waals surface area contributed by atoms with Gasteiger partial charge >= 0.3 is 0 Å². The number of likely N-dealkylation sites (tertiary alicyclic amines) is 1. The minimum atomic E-state index is -1.24. The van der Waals surface area contributed by atoms with Gasteiger partial charge in [-0.15, -0.1) is 0 Å². The molecule has 0 radical (unpaired) electrons. The molecule has 41 heavy (non-hydrogen) atoms. The number of hydrogen-bond acceptors (Lipinski definition) is 8. The Kier molecular flexibility index (Phi) is 9.33. The lowest BCUT2D eigenvalue weighted by molar-refractivity contribution is -0.250. The molecule has 2 aromatic heterocycles. The number of benzene rings is 2. The summed E-state index contributed by atoms with van der Waals surface area (Å²) >= 11 is 0. The first-order valence-electron chi connectivity index (χ1n) is 14.2. The highest BCUT2D eigenvalue weighted by Crippen LogP contribution is 2.34. The number of fused-ring (bicyclic) bond motifs is 1. The maximum atomic E-state index is 10.7. The number of aromatic nitrogens is 3. The van der Waals surface area contributed by atoms with Gasteiger partial charge in [0, 0.05) is 44.5 Å². The Labute approximate surface area is 240 Å². The van der Waals surface area contributed by atoms with Gasteiger partial charge in [-0.1, -0.05) is 42.5 Å². The molecule has 2 aromatic carbocycles. The van der Waals surface area contributed by atoms with Gasteiger partial charge in [0.15, 0.2) is 6.23 Å². The molecule has 0 bridgehead atoms. The number of aryl methyl sites for hydroxylation is 1. The van der Waals surface area contributed by atoms with E-state index in [2.05, 4.69) is 20.1 Å². The molecule has 1 unspecified atom stereocenters. The van der Waals surface area contributed by atoms with E-state index in [1.54, 1.807) is 0 Å². The molecule has 4 aromatic rings. The number of nitrogens with zero attached hydrogens (tertiary/aromatic N) is 4. The van der Waals surface area contributed by atoms with Crippen molar-refractivity contribution < 1.29 is 19.4 Å². The van der Waals surface area contributed by atoms with Gasteiger partial charge in [-0.3, -0.25) is 4.57 Å². The van der Waals surface area contributed by atoms with E-state index < -0.39 is 12.3 Å². The van der Waals surface area contributed by atoms with Crippen molar-refractivity contribution in [3.05, 3.63) is 83.7 Å². The van der Waals surface area contributed by atoms with Crippen molar-refractivity contribution in [3.8, 4) is 5.75 Å². The van der Waals surface area contributed by atoms with Gasteiger partial charge < -0.3 is 34.9 Å². The van der Waals surface area contributed by atoms with E-state index in [4.69, 9.17) is 19.4 Å². The molecule has 1 atom stereocenters. The number of nitrogens with one attached hydrogen (secondary N) is 2. The molecule has 10 heteroatoms.